The van der Waals surface area contributed by atoms with Crippen LogP contribution in [0.5, 0.6) is 5.75 Å². The first-order valence-corrected chi connectivity index (χ1v) is 17.1. The average Bonchev–Trinajstić information content (AvgIpc) is 3.11. The molecule has 266 valence electrons. The number of piperidine rings is 2. The van der Waals surface area contributed by atoms with Gasteiger partial charge in [0.2, 0.25) is 11.9 Å². The number of ether oxygens (including phenoxy) is 2. The lowest BCUT2D eigenvalue weighted by Crippen LogP contribution is -2.58. The third-order valence-electron chi connectivity index (χ3n) is 10.1. The van der Waals surface area contributed by atoms with Crippen LogP contribution in [0.25, 0.3) is 0 Å². The van der Waals surface area contributed by atoms with Crippen molar-refractivity contribution in [1.29, 1.82) is 0 Å². The summed E-state index contributed by atoms with van der Waals surface area (Å²) in [5.74, 6) is 0.491. The largest absolute Gasteiger partial charge is 0.494 e. The molecule has 0 radical (unpaired) electrons. The highest BCUT2D eigenvalue weighted by Gasteiger charge is 2.47. The summed E-state index contributed by atoms with van der Waals surface area (Å²) in [6.45, 7) is 9.02. The van der Waals surface area contributed by atoms with Gasteiger partial charge in [-0.15, -0.1) is 0 Å². The van der Waals surface area contributed by atoms with Gasteiger partial charge in [-0.2, -0.15) is 18.2 Å². The van der Waals surface area contributed by atoms with E-state index in [0.29, 0.717) is 54.8 Å². The number of amides is 3. The number of rotatable bonds is 9. The molecule has 3 fully saturated rings. The number of carbonyl (C=O) groups excluding carboxylic acids is 2. The Bertz CT molecular complexity index is 1520. The number of methoxy groups -OCH3 is 1. The van der Waals surface area contributed by atoms with Crippen molar-refractivity contribution in [3.8, 4) is 5.75 Å². The van der Waals surface area contributed by atoms with Crippen molar-refractivity contribution in [1.82, 2.24) is 19.8 Å². The number of anilines is 5. The first-order chi connectivity index (χ1) is 23.6. The zero-order valence-corrected chi connectivity index (χ0v) is 28.1. The minimum absolute atomic E-state index is 0.121. The number of urea groups is 1. The van der Waals surface area contributed by atoms with Gasteiger partial charge in [0.15, 0.2) is 0 Å². The molecule has 0 saturated carbocycles. The van der Waals surface area contributed by atoms with E-state index in [1.807, 2.05) is 6.07 Å². The van der Waals surface area contributed by atoms with Crippen molar-refractivity contribution < 1.29 is 32.2 Å². The molecule has 1 aromatic heterocycles. The lowest BCUT2D eigenvalue weighted by atomic mass is 9.99. The number of benzene rings is 1. The molecule has 0 aliphatic carbocycles. The van der Waals surface area contributed by atoms with E-state index in [1.54, 1.807) is 13.2 Å². The number of carbonyl (C=O) groups is 2. The van der Waals surface area contributed by atoms with Crippen LogP contribution in [-0.4, -0.2) is 103 Å². The number of alkyl halides is 3. The van der Waals surface area contributed by atoms with Crippen molar-refractivity contribution in [3.05, 3.63) is 36.5 Å². The molecule has 4 aliphatic heterocycles. The van der Waals surface area contributed by atoms with Crippen molar-refractivity contribution in [2.75, 3.05) is 66.9 Å². The van der Waals surface area contributed by atoms with Crippen LogP contribution in [0.4, 0.5) is 46.8 Å². The Balaban J connectivity index is 1.29. The quantitative estimate of drug-likeness (QED) is 0.322. The van der Waals surface area contributed by atoms with Crippen LogP contribution in [0.2, 0.25) is 0 Å². The van der Waals surface area contributed by atoms with E-state index >= 15 is 0 Å². The molecule has 12 nitrogen and oxygen atoms in total. The van der Waals surface area contributed by atoms with E-state index < -0.39 is 18.2 Å². The van der Waals surface area contributed by atoms with E-state index in [-0.39, 0.29) is 30.3 Å². The van der Waals surface area contributed by atoms with Crippen LogP contribution in [0.15, 0.2) is 31.0 Å². The predicted octanol–water partition coefficient (Wildman–Crippen LogP) is 5.68. The van der Waals surface area contributed by atoms with Gasteiger partial charge in [-0.05, 0) is 70.7 Å². The molecule has 2 N–H and O–H groups in total. The van der Waals surface area contributed by atoms with Crippen molar-refractivity contribution in [2.45, 2.75) is 82.7 Å². The van der Waals surface area contributed by atoms with Gasteiger partial charge in [0.1, 0.15) is 17.6 Å². The molecule has 2 aromatic rings. The topological polar surface area (TPSA) is 115 Å². The molecule has 15 heteroatoms. The molecule has 5 heterocycles. The number of aromatic nitrogens is 2. The van der Waals surface area contributed by atoms with Crippen LogP contribution in [0.3, 0.4) is 0 Å². The molecule has 4 aliphatic rings. The SMILES string of the molecule is C=CC(=O)Nc1cc(Nc2ncc3c(n2)N(C2CCOCC2)C(=O)N([C@@H](C)C(F)(F)F)C3)c(OC)cc1N1CCC(N2CCCCC2)CC1. The lowest BCUT2D eigenvalue weighted by molar-refractivity contribution is -0.172. The Labute approximate surface area is 284 Å². The fourth-order valence-corrected chi connectivity index (χ4v) is 7.27. The smallest absolute Gasteiger partial charge is 0.408 e. The van der Waals surface area contributed by atoms with Gasteiger partial charge >= 0.3 is 12.2 Å². The van der Waals surface area contributed by atoms with E-state index in [2.05, 4.69) is 37.0 Å². The van der Waals surface area contributed by atoms with Crippen molar-refractivity contribution in [3.63, 3.8) is 0 Å². The number of hydrogen-bond acceptors (Lipinski definition) is 9. The predicted molar refractivity (Wildman–Crippen MR) is 181 cm³/mol. The fraction of sp³-hybridized carbons (Fsp3) is 0.588. The first kappa shape index (κ1) is 34.7. The van der Waals surface area contributed by atoms with Crippen LogP contribution < -0.4 is 25.2 Å². The Kier molecular flexibility index (Phi) is 10.5. The van der Waals surface area contributed by atoms with Gasteiger partial charge < -0.3 is 34.8 Å². The zero-order valence-electron chi connectivity index (χ0n) is 28.1. The summed E-state index contributed by atoms with van der Waals surface area (Å²) >= 11 is 0. The summed E-state index contributed by atoms with van der Waals surface area (Å²) in [6.07, 6.45) is 4.81. The van der Waals surface area contributed by atoms with Gasteiger partial charge in [-0.25, -0.2) is 9.78 Å². The van der Waals surface area contributed by atoms with E-state index in [9.17, 15) is 22.8 Å². The Morgan fingerprint density at radius 3 is 2.43 bits per heavy atom. The van der Waals surface area contributed by atoms with Crippen LogP contribution in [0, 0.1) is 0 Å². The average molecular weight is 687 g/mol. The number of hydrogen-bond donors (Lipinski definition) is 2. The molecule has 1 aromatic carbocycles. The van der Waals surface area contributed by atoms with Gasteiger partial charge in [-0.3, -0.25) is 9.69 Å². The van der Waals surface area contributed by atoms with Crippen LogP contribution in [-0.2, 0) is 16.1 Å². The highest BCUT2D eigenvalue weighted by molar-refractivity contribution is 6.02. The van der Waals surface area contributed by atoms with Gasteiger partial charge in [-0.1, -0.05) is 13.0 Å². The minimum Gasteiger partial charge on any atom is -0.494 e. The Morgan fingerprint density at radius 2 is 1.78 bits per heavy atom. The molecular weight excluding hydrogens is 641 g/mol. The Hall–Kier alpha value is -4.11. The fourth-order valence-electron chi connectivity index (χ4n) is 7.27. The second-order valence-electron chi connectivity index (χ2n) is 13.1. The molecule has 0 bridgehead atoms. The lowest BCUT2D eigenvalue weighted by Gasteiger charge is -2.43. The highest BCUT2D eigenvalue weighted by Crippen LogP contribution is 2.41. The van der Waals surface area contributed by atoms with Crippen molar-refractivity contribution in [2.24, 2.45) is 0 Å². The summed E-state index contributed by atoms with van der Waals surface area (Å²) in [4.78, 5) is 42.4. The number of nitrogens with zero attached hydrogens (tertiary/aromatic N) is 6. The van der Waals surface area contributed by atoms with Crippen LogP contribution in [0.1, 0.15) is 57.4 Å². The van der Waals surface area contributed by atoms with E-state index in [0.717, 1.165) is 56.5 Å². The summed E-state index contributed by atoms with van der Waals surface area (Å²) in [6, 6.07) is 1.03. The number of halogens is 3. The third-order valence-corrected chi connectivity index (χ3v) is 10.1. The summed E-state index contributed by atoms with van der Waals surface area (Å²) < 4.78 is 52.6. The maximum absolute atomic E-state index is 13.8. The highest BCUT2D eigenvalue weighted by atomic mass is 19.4. The summed E-state index contributed by atoms with van der Waals surface area (Å²) in [5.41, 5.74) is 2.23. The summed E-state index contributed by atoms with van der Waals surface area (Å²) in [5, 5.41) is 6.11. The number of nitrogens with one attached hydrogen (secondary N) is 2. The summed E-state index contributed by atoms with van der Waals surface area (Å²) in [7, 11) is 1.55. The van der Waals surface area contributed by atoms with Gasteiger partial charge in [0.25, 0.3) is 0 Å². The molecule has 3 saturated heterocycles. The zero-order chi connectivity index (χ0) is 34.7. The molecular formula is C34H45F3N8O4. The molecule has 6 rings (SSSR count). The number of fused-ring (bicyclic) bond motifs is 1. The van der Waals surface area contributed by atoms with E-state index in [1.165, 1.54) is 36.4 Å². The molecule has 49 heavy (non-hydrogen) atoms. The molecule has 0 unspecified atom stereocenters. The molecule has 3 amide bonds. The normalized spacial score (nSPS) is 20.5. The van der Waals surface area contributed by atoms with Gasteiger partial charge in [0.05, 0.1) is 30.7 Å². The second kappa shape index (κ2) is 14.8. The third kappa shape index (κ3) is 7.57. The second-order valence-corrected chi connectivity index (χ2v) is 13.1. The standard InChI is InChI=1S/C34H45F3N8O4/c1-4-30(46)39-26-18-27(29(48-3)19-28(26)43-14-8-24(9-15-43)42-12-6-5-7-13-42)40-32-38-20-23-21-44(22(2)34(35,36)37)33(47)45(31(23)41-32)25-10-16-49-17-11-25/h4,18-20,22,24-25H,1,5-17,21H2,2-3H3,(H,39,46)(H,38,40,41)/t22-/m0/s1. The first-order valence-electron chi connectivity index (χ1n) is 17.1. The van der Waals surface area contributed by atoms with Gasteiger partial charge in [0, 0.05) is 56.2 Å². The van der Waals surface area contributed by atoms with Crippen molar-refractivity contribution >= 4 is 40.8 Å². The van der Waals surface area contributed by atoms with E-state index in [4.69, 9.17) is 9.47 Å². The maximum Gasteiger partial charge on any atom is 0.408 e. The minimum atomic E-state index is -4.60. The number of likely N-dealkylation sites (tertiary alicyclic amines) is 1. The van der Waals surface area contributed by atoms with Crippen LogP contribution >= 0.6 is 0 Å². The molecule has 0 spiro atoms. The monoisotopic (exact) mass is 686 g/mol. The Morgan fingerprint density at radius 1 is 1.06 bits per heavy atom. The maximum atomic E-state index is 13.8. The molecule has 1 atom stereocenters.